The highest BCUT2D eigenvalue weighted by atomic mass is 79.9. The van der Waals surface area contributed by atoms with Gasteiger partial charge < -0.3 is 5.32 Å². The maximum atomic E-state index is 12.0. The SMILES string of the molecule is O=C(Nc1c(Br)cc(Br)cc1Br)c1ccccc1. The van der Waals surface area contributed by atoms with Crippen LogP contribution in [0.15, 0.2) is 55.9 Å². The lowest BCUT2D eigenvalue weighted by Gasteiger charge is -2.10. The molecule has 0 radical (unpaired) electrons. The van der Waals surface area contributed by atoms with E-state index in [9.17, 15) is 4.79 Å². The van der Waals surface area contributed by atoms with E-state index in [1.807, 2.05) is 30.3 Å². The Hall–Kier alpha value is -0.650. The van der Waals surface area contributed by atoms with Crippen LogP contribution < -0.4 is 5.32 Å². The van der Waals surface area contributed by atoms with Crippen LogP contribution in [0.1, 0.15) is 10.4 Å². The van der Waals surface area contributed by atoms with Crippen LogP contribution in [-0.2, 0) is 0 Å². The molecule has 18 heavy (non-hydrogen) atoms. The molecule has 1 amide bonds. The number of benzene rings is 2. The van der Waals surface area contributed by atoms with Gasteiger partial charge >= 0.3 is 0 Å². The van der Waals surface area contributed by atoms with Crippen LogP contribution in [0.4, 0.5) is 5.69 Å². The van der Waals surface area contributed by atoms with E-state index in [0.717, 1.165) is 13.4 Å². The Kier molecular flexibility index (Phi) is 4.59. The number of hydrogen-bond donors (Lipinski definition) is 1. The summed E-state index contributed by atoms with van der Waals surface area (Å²) in [5, 5.41) is 2.87. The number of nitrogens with one attached hydrogen (secondary N) is 1. The van der Waals surface area contributed by atoms with Crippen molar-refractivity contribution in [3.63, 3.8) is 0 Å². The van der Waals surface area contributed by atoms with E-state index >= 15 is 0 Å². The summed E-state index contributed by atoms with van der Waals surface area (Å²) in [5.41, 5.74) is 1.34. The lowest BCUT2D eigenvalue weighted by molar-refractivity contribution is 0.102. The zero-order valence-corrected chi connectivity index (χ0v) is 13.8. The molecule has 0 bridgehead atoms. The second kappa shape index (κ2) is 5.99. The van der Waals surface area contributed by atoms with Crippen molar-refractivity contribution in [3.05, 3.63) is 61.4 Å². The molecule has 0 saturated heterocycles. The van der Waals surface area contributed by atoms with Crippen LogP contribution in [0.2, 0.25) is 0 Å². The number of hydrogen-bond acceptors (Lipinski definition) is 1. The molecule has 1 N–H and O–H groups in total. The fourth-order valence-electron chi connectivity index (χ4n) is 1.44. The zero-order chi connectivity index (χ0) is 13.1. The summed E-state index contributed by atoms with van der Waals surface area (Å²) >= 11 is 10.2. The van der Waals surface area contributed by atoms with Crippen LogP contribution in [0.5, 0.6) is 0 Å². The normalized spacial score (nSPS) is 10.2. The molecule has 2 rings (SSSR count). The first-order valence-electron chi connectivity index (χ1n) is 5.09. The highest BCUT2D eigenvalue weighted by Crippen LogP contribution is 2.34. The summed E-state index contributed by atoms with van der Waals surface area (Å²) in [7, 11) is 0. The second-order valence-electron chi connectivity index (χ2n) is 3.56. The van der Waals surface area contributed by atoms with Gasteiger partial charge in [-0.15, -0.1) is 0 Å². The van der Waals surface area contributed by atoms with Gasteiger partial charge in [0.25, 0.3) is 5.91 Å². The van der Waals surface area contributed by atoms with Gasteiger partial charge in [0.2, 0.25) is 0 Å². The molecule has 0 aliphatic heterocycles. The number of amides is 1. The number of rotatable bonds is 2. The summed E-state index contributed by atoms with van der Waals surface area (Å²) in [6.45, 7) is 0. The van der Waals surface area contributed by atoms with Crippen LogP contribution in [-0.4, -0.2) is 5.91 Å². The van der Waals surface area contributed by atoms with E-state index in [4.69, 9.17) is 0 Å². The first-order chi connectivity index (χ1) is 8.58. The van der Waals surface area contributed by atoms with Crippen molar-refractivity contribution in [1.82, 2.24) is 0 Å². The Labute approximate surface area is 130 Å². The van der Waals surface area contributed by atoms with Gasteiger partial charge in [-0.1, -0.05) is 34.1 Å². The van der Waals surface area contributed by atoms with Gasteiger partial charge in [-0.05, 0) is 56.1 Å². The predicted octanol–water partition coefficient (Wildman–Crippen LogP) is 5.23. The molecule has 0 spiro atoms. The van der Waals surface area contributed by atoms with Crippen molar-refractivity contribution in [2.24, 2.45) is 0 Å². The van der Waals surface area contributed by atoms with Gasteiger partial charge in [0.1, 0.15) is 0 Å². The summed E-state index contributed by atoms with van der Waals surface area (Å²) in [6.07, 6.45) is 0. The topological polar surface area (TPSA) is 29.1 Å². The van der Waals surface area contributed by atoms with Crippen molar-refractivity contribution in [3.8, 4) is 0 Å². The highest BCUT2D eigenvalue weighted by Gasteiger charge is 2.11. The predicted molar refractivity (Wildman–Crippen MR) is 83.9 cm³/mol. The van der Waals surface area contributed by atoms with Crippen molar-refractivity contribution < 1.29 is 4.79 Å². The molecule has 2 aromatic rings. The molecule has 0 aromatic heterocycles. The Morgan fingerprint density at radius 3 is 2.06 bits per heavy atom. The van der Waals surface area contributed by atoms with Crippen LogP contribution in [0, 0.1) is 0 Å². The molecule has 0 fully saturated rings. The van der Waals surface area contributed by atoms with Crippen molar-refractivity contribution in [2.45, 2.75) is 0 Å². The third kappa shape index (κ3) is 3.22. The molecule has 0 aliphatic carbocycles. The Morgan fingerprint density at radius 1 is 0.944 bits per heavy atom. The average Bonchev–Trinajstić information content (AvgIpc) is 2.34. The Morgan fingerprint density at radius 2 is 1.50 bits per heavy atom. The fourth-order valence-corrected chi connectivity index (χ4v) is 3.89. The molecular weight excluding hydrogens is 426 g/mol. The van der Waals surface area contributed by atoms with Gasteiger partial charge in [-0.3, -0.25) is 4.79 Å². The molecule has 92 valence electrons. The van der Waals surface area contributed by atoms with Crippen molar-refractivity contribution in [1.29, 1.82) is 0 Å². The Balaban J connectivity index is 2.28. The monoisotopic (exact) mass is 431 g/mol. The molecule has 0 unspecified atom stereocenters. The van der Waals surface area contributed by atoms with E-state index in [0.29, 0.717) is 11.3 Å². The van der Waals surface area contributed by atoms with Crippen molar-refractivity contribution in [2.75, 3.05) is 5.32 Å². The summed E-state index contributed by atoms with van der Waals surface area (Å²) < 4.78 is 2.56. The lowest BCUT2D eigenvalue weighted by atomic mass is 10.2. The standard InChI is InChI=1S/C13H8Br3NO/c14-9-6-10(15)12(11(16)7-9)17-13(18)8-4-2-1-3-5-8/h1-7H,(H,17,18). The molecule has 5 heteroatoms. The van der Waals surface area contributed by atoms with Gasteiger partial charge in [0.15, 0.2) is 0 Å². The number of halogens is 3. The molecular formula is C13H8Br3NO. The average molecular weight is 434 g/mol. The van der Waals surface area contributed by atoms with E-state index in [-0.39, 0.29) is 5.91 Å². The van der Waals surface area contributed by atoms with Gasteiger partial charge in [-0.2, -0.15) is 0 Å². The third-order valence-electron chi connectivity index (χ3n) is 2.28. The largest absolute Gasteiger partial charge is 0.320 e. The smallest absolute Gasteiger partial charge is 0.255 e. The van der Waals surface area contributed by atoms with E-state index in [1.165, 1.54) is 0 Å². The minimum absolute atomic E-state index is 0.140. The zero-order valence-electron chi connectivity index (χ0n) is 9.08. The van der Waals surface area contributed by atoms with E-state index in [1.54, 1.807) is 12.1 Å². The summed E-state index contributed by atoms with van der Waals surface area (Å²) in [5.74, 6) is -0.140. The van der Waals surface area contributed by atoms with Crippen molar-refractivity contribution >= 4 is 59.4 Å². The molecule has 0 aliphatic rings. The molecule has 2 aromatic carbocycles. The maximum Gasteiger partial charge on any atom is 0.255 e. The molecule has 2 nitrogen and oxygen atoms in total. The summed E-state index contributed by atoms with van der Waals surface area (Å²) in [4.78, 5) is 12.0. The third-order valence-corrected chi connectivity index (χ3v) is 3.99. The Bertz CT molecular complexity index is 561. The maximum absolute atomic E-state index is 12.0. The number of anilines is 1. The molecule has 0 heterocycles. The van der Waals surface area contributed by atoms with Gasteiger partial charge in [0, 0.05) is 19.0 Å². The van der Waals surface area contributed by atoms with Crippen LogP contribution >= 0.6 is 47.8 Å². The van der Waals surface area contributed by atoms with Gasteiger partial charge in [-0.25, -0.2) is 0 Å². The van der Waals surface area contributed by atoms with Crippen LogP contribution in [0.3, 0.4) is 0 Å². The minimum Gasteiger partial charge on any atom is -0.320 e. The van der Waals surface area contributed by atoms with E-state index in [2.05, 4.69) is 53.1 Å². The highest BCUT2D eigenvalue weighted by molar-refractivity contribution is 9.11. The van der Waals surface area contributed by atoms with E-state index < -0.39 is 0 Å². The second-order valence-corrected chi connectivity index (χ2v) is 6.19. The first kappa shape index (κ1) is 13.8. The number of carbonyl (C=O) groups is 1. The molecule has 0 saturated carbocycles. The first-order valence-corrected chi connectivity index (χ1v) is 7.47. The fraction of sp³-hybridized carbons (Fsp3) is 0. The number of carbonyl (C=O) groups excluding carboxylic acids is 1. The molecule has 0 atom stereocenters. The van der Waals surface area contributed by atoms with Crippen LogP contribution in [0.25, 0.3) is 0 Å². The minimum atomic E-state index is -0.140. The lowest BCUT2D eigenvalue weighted by Crippen LogP contribution is -2.12. The summed E-state index contributed by atoms with van der Waals surface area (Å²) in [6, 6.07) is 12.9. The quantitative estimate of drug-likeness (QED) is 0.690. The van der Waals surface area contributed by atoms with Gasteiger partial charge in [0.05, 0.1) is 5.69 Å².